The third-order valence-corrected chi connectivity index (χ3v) is 1.97. The van der Waals surface area contributed by atoms with Crippen LogP contribution >= 0.6 is 0 Å². The first-order valence-electron chi connectivity index (χ1n) is 4.05. The summed E-state index contributed by atoms with van der Waals surface area (Å²) >= 11 is 0. The van der Waals surface area contributed by atoms with Crippen LogP contribution in [0.25, 0.3) is 11.0 Å². The fourth-order valence-electron chi connectivity index (χ4n) is 1.40. The van der Waals surface area contributed by atoms with Crippen molar-refractivity contribution in [1.29, 1.82) is 0 Å². The van der Waals surface area contributed by atoms with Gasteiger partial charge in [0.2, 0.25) is 0 Å². The molecule has 0 unspecified atom stereocenters. The van der Waals surface area contributed by atoms with E-state index in [0.29, 0.717) is 11.1 Å². The molecule has 1 N–H and O–H groups in total. The zero-order valence-electron chi connectivity index (χ0n) is 7.16. The molecule has 0 radical (unpaired) electrons. The molecule has 0 aliphatic carbocycles. The molecule has 0 saturated heterocycles. The fourth-order valence-corrected chi connectivity index (χ4v) is 1.40. The van der Waals surface area contributed by atoms with Crippen LogP contribution in [0.3, 0.4) is 0 Å². The van der Waals surface area contributed by atoms with Crippen LogP contribution in [-0.4, -0.2) is 11.1 Å². The first kappa shape index (κ1) is 8.74. The van der Waals surface area contributed by atoms with E-state index in [9.17, 15) is 9.18 Å². The van der Waals surface area contributed by atoms with Gasteiger partial charge in [-0.3, -0.25) is 4.79 Å². The van der Waals surface area contributed by atoms with E-state index in [1.54, 1.807) is 6.07 Å². The van der Waals surface area contributed by atoms with Gasteiger partial charge in [0.1, 0.15) is 11.4 Å². The van der Waals surface area contributed by atoms with Gasteiger partial charge in [0, 0.05) is 5.56 Å². The zero-order chi connectivity index (χ0) is 10.1. The molecule has 0 atom stereocenters. The molecule has 0 spiro atoms. The lowest BCUT2D eigenvalue weighted by molar-refractivity contribution is -0.136. The number of carboxylic acid groups (broad SMARTS) is 1. The second-order valence-electron chi connectivity index (χ2n) is 2.94. The lowest BCUT2D eigenvalue weighted by Gasteiger charge is -1.94. The number of hydrogen-bond donors (Lipinski definition) is 1. The maximum absolute atomic E-state index is 13.3. The predicted molar refractivity (Wildman–Crippen MR) is 47.5 cm³/mol. The van der Waals surface area contributed by atoms with E-state index in [2.05, 4.69) is 0 Å². The molecule has 0 aliphatic heterocycles. The van der Waals surface area contributed by atoms with Crippen LogP contribution in [0.5, 0.6) is 0 Å². The standard InChI is InChI=1S/C10H7FO3/c11-7-2-1-3-8-10(7)6(5-14-8)4-9(12)13/h1-3,5H,4H2,(H,12,13). The van der Waals surface area contributed by atoms with E-state index in [1.165, 1.54) is 18.4 Å². The molecule has 4 heteroatoms. The van der Waals surface area contributed by atoms with Crippen LogP contribution in [0.15, 0.2) is 28.9 Å². The molecule has 2 aromatic rings. The maximum Gasteiger partial charge on any atom is 0.307 e. The summed E-state index contributed by atoms with van der Waals surface area (Å²) in [6, 6.07) is 4.40. The molecule has 14 heavy (non-hydrogen) atoms. The first-order chi connectivity index (χ1) is 6.68. The van der Waals surface area contributed by atoms with E-state index in [4.69, 9.17) is 9.52 Å². The summed E-state index contributed by atoms with van der Waals surface area (Å²) in [5, 5.41) is 8.83. The number of benzene rings is 1. The van der Waals surface area contributed by atoms with Crippen LogP contribution < -0.4 is 0 Å². The zero-order valence-corrected chi connectivity index (χ0v) is 7.16. The summed E-state index contributed by atoms with van der Waals surface area (Å²) in [6.07, 6.45) is 1.05. The Labute approximate surface area is 78.8 Å². The summed E-state index contributed by atoms with van der Waals surface area (Å²) in [4.78, 5) is 10.5. The Bertz CT molecular complexity index is 487. The van der Waals surface area contributed by atoms with Gasteiger partial charge in [0.25, 0.3) is 0 Å². The summed E-state index contributed by atoms with van der Waals surface area (Å²) in [5.74, 6) is -1.46. The molecule has 0 amide bonds. The predicted octanol–water partition coefficient (Wildman–Crippen LogP) is 2.20. The third kappa shape index (κ3) is 1.35. The Morgan fingerprint density at radius 3 is 3.00 bits per heavy atom. The highest BCUT2D eigenvalue weighted by Crippen LogP contribution is 2.24. The number of hydrogen-bond acceptors (Lipinski definition) is 2. The van der Waals surface area contributed by atoms with Crippen molar-refractivity contribution in [2.24, 2.45) is 0 Å². The fraction of sp³-hybridized carbons (Fsp3) is 0.100. The summed E-state index contributed by atoms with van der Waals surface area (Å²) in [6.45, 7) is 0. The van der Waals surface area contributed by atoms with Crippen molar-refractivity contribution in [2.45, 2.75) is 6.42 Å². The Morgan fingerprint density at radius 2 is 2.29 bits per heavy atom. The highest BCUT2D eigenvalue weighted by atomic mass is 19.1. The van der Waals surface area contributed by atoms with Gasteiger partial charge in [-0.1, -0.05) is 6.07 Å². The summed E-state index contributed by atoms with van der Waals surface area (Å²) < 4.78 is 18.3. The molecule has 0 bridgehead atoms. The molecule has 0 saturated carbocycles. The molecule has 1 aromatic carbocycles. The van der Waals surface area contributed by atoms with Crippen molar-refractivity contribution < 1.29 is 18.7 Å². The van der Waals surface area contributed by atoms with E-state index in [0.717, 1.165) is 0 Å². The minimum atomic E-state index is -1.00. The second kappa shape index (κ2) is 3.14. The van der Waals surface area contributed by atoms with Crippen LogP contribution in [0.2, 0.25) is 0 Å². The maximum atomic E-state index is 13.3. The topological polar surface area (TPSA) is 50.4 Å². The SMILES string of the molecule is O=C(O)Cc1coc2cccc(F)c12. The van der Waals surface area contributed by atoms with Crippen LogP contribution in [0.4, 0.5) is 4.39 Å². The van der Waals surface area contributed by atoms with Gasteiger partial charge >= 0.3 is 5.97 Å². The van der Waals surface area contributed by atoms with Gasteiger partial charge in [-0.15, -0.1) is 0 Å². The molecule has 1 heterocycles. The Balaban J connectivity index is 2.61. The Hall–Kier alpha value is -1.84. The lowest BCUT2D eigenvalue weighted by Crippen LogP contribution is -1.99. The smallest absolute Gasteiger partial charge is 0.307 e. The number of rotatable bonds is 2. The minimum absolute atomic E-state index is 0.228. The quantitative estimate of drug-likeness (QED) is 0.797. The van der Waals surface area contributed by atoms with Gasteiger partial charge in [0.15, 0.2) is 0 Å². The van der Waals surface area contributed by atoms with Crippen molar-refractivity contribution in [1.82, 2.24) is 0 Å². The second-order valence-corrected chi connectivity index (χ2v) is 2.94. The van der Waals surface area contributed by atoms with Gasteiger partial charge in [-0.25, -0.2) is 4.39 Å². The number of carboxylic acids is 1. The molecule has 0 aliphatic rings. The van der Waals surface area contributed by atoms with Gasteiger partial charge in [-0.05, 0) is 12.1 Å². The summed E-state index contributed by atoms with van der Waals surface area (Å²) in [7, 11) is 0. The number of aliphatic carboxylic acids is 1. The molecule has 3 nitrogen and oxygen atoms in total. The van der Waals surface area contributed by atoms with Crippen molar-refractivity contribution >= 4 is 16.9 Å². The van der Waals surface area contributed by atoms with Crippen molar-refractivity contribution in [3.8, 4) is 0 Å². The van der Waals surface area contributed by atoms with E-state index in [1.807, 2.05) is 0 Å². The molecule has 1 aromatic heterocycles. The van der Waals surface area contributed by atoms with Crippen LogP contribution in [-0.2, 0) is 11.2 Å². The molecule has 72 valence electrons. The lowest BCUT2D eigenvalue weighted by atomic mass is 10.1. The number of furan rings is 1. The monoisotopic (exact) mass is 194 g/mol. The van der Waals surface area contributed by atoms with Gasteiger partial charge in [0.05, 0.1) is 18.1 Å². The van der Waals surface area contributed by atoms with Gasteiger partial charge < -0.3 is 9.52 Å². The highest BCUT2D eigenvalue weighted by Gasteiger charge is 2.12. The van der Waals surface area contributed by atoms with Crippen LogP contribution in [0, 0.1) is 5.82 Å². The number of carbonyl (C=O) groups is 1. The third-order valence-electron chi connectivity index (χ3n) is 1.97. The Kier molecular flexibility index (Phi) is 1.96. The minimum Gasteiger partial charge on any atom is -0.481 e. The first-order valence-corrected chi connectivity index (χ1v) is 4.05. The molecular weight excluding hydrogens is 187 g/mol. The van der Waals surface area contributed by atoms with Crippen molar-refractivity contribution in [3.05, 3.63) is 35.8 Å². The average molecular weight is 194 g/mol. The average Bonchev–Trinajstić information content (AvgIpc) is 2.49. The molecule has 2 rings (SSSR count). The van der Waals surface area contributed by atoms with Crippen molar-refractivity contribution in [3.63, 3.8) is 0 Å². The normalized spacial score (nSPS) is 10.6. The molecule has 0 fully saturated rings. The van der Waals surface area contributed by atoms with Gasteiger partial charge in [-0.2, -0.15) is 0 Å². The Morgan fingerprint density at radius 1 is 1.50 bits per heavy atom. The van der Waals surface area contributed by atoms with Crippen LogP contribution in [0.1, 0.15) is 5.56 Å². The largest absolute Gasteiger partial charge is 0.481 e. The number of halogens is 1. The summed E-state index contributed by atoms with van der Waals surface area (Å²) in [5.41, 5.74) is 0.742. The van der Waals surface area contributed by atoms with E-state index < -0.39 is 11.8 Å². The van der Waals surface area contributed by atoms with Crippen molar-refractivity contribution in [2.75, 3.05) is 0 Å². The highest BCUT2D eigenvalue weighted by molar-refractivity contribution is 5.85. The molecular formula is C10H7FO3. The number of fused-ring (bicyclic) bond motifs is 1. The van der Waals surface area contributed by atoms with E-state index in [-0.39, 0.29) is 11.8 Å². The van der Waals surface area contributed by atoms with E-state index >= 15 is 0 Å².